The molecule has 0 saturated heterocycles. The van der Waals surface area contributed by atoms with E-state index in [0.29, 0.717) is 0 Å². The Kier molecular flexibility index (Phi) is 5.82. The molecular weight excluding hydrogens is 274 g/mol. The van der Waals surface area contributed by atoms with Crippen LogP contribution in [0.3, 0.4) is 0 Å². The van der Waals surface area contributed by atoms with Crippen molar-refractivity contribution in [2.45, 2.75) is 39.0 Å². The normalized spacial score (nSPS) is 12.1. The van der Waals surface area contributed by atoms with Gasteiger partial charge in [-0.15, -0.1) is 0 Å². The van der Waals surface area contributed by atoms with Gasteiger partial charge in [-0.05, 0) is 41.8 Å². The van der Waals surface area contributed by atoms with Crippen LogP contribution in [0, 0.1) is 0 Å². The number of carbonyl (C=O) groups is 1. The number of unbranched alkanes of at least 4 members (excludes halogenated alkanes) is 2. The van der Waals surface area contributed by atoms with Gasteiger partial charge in [0.15, 0.2) is 0 Å². The highest BCUT2D eigenvalue weighted by molar-refractivity contribution is 5.88. The molecule has 0 spiro atoms. The topological polar surface area (TPSA) is 38.3 Å². The highest BCUT2D eigenvalue weighted by Gasteiger charge is 2.15. The molecule has 3 nitrogen and oxygen atoms in total. The van der Waals surface area contributed by atoms with Gasteiger partial charge in [0.2, 0.25) is 5.91 Å². The van der Waals surface area contributed by atoms with E-state index in [-0.39, 0.29) is 11.8 Å². The summed E-state index contributed by atoms with van der Waals surface area (Å²) in [4.78, 5) is 12.2. The van der Waals surface area contributed by atoms with E-state index in [1.54, 1.807) is 7.11 Å². The van der Waals surface area contributed by atoms with Gasteiger partial charge in [0.1, 0.15) is 5.75 Å². The third-order valence-corrected chi connectivity index (χ3v) is 4.04. The van der Waals surface area contributed by atoms with E-state index >= 15 is 0 Å². The van der Waals surface area contributed by atoms with Crippen molar-refractivity contribution < 1.29 is 9.53 Å². The fourth-order valence-electron chi connectivity index (χ4n) is 2.53. The molecule has 0 heterocycles. The molecule has 1 atom stereocenters. The lowest BCUT2D eigenvalue weighted by molar-refractivity contribution is -0.122. The zero-order valence-electron chi connectivity index (χ0n) is 13.7. The van der Waals surface area contributed by atoms with Crippen molar-refractivity contribution in [3.63, 3.8) is 0 Å². The minimum Gasteiger partial charge on any atom is -0.497 e. The summed E-state index contributed by atoms with van der Waals surface area (Å²) in [5.41, 5.74) is 1.05. The SMILES string of the molecule is CCCCCNC(=O)[C@H](C)c1ccc2cc(OC)ccc2c1. The molecule has 0 aliphatic carbocycles. The second kappa shape index (κ2) is 7.83. The number of benzene rings is 2. The van der Waals surface area contributed by atoms with Gasteiger partial charge in [0.25, 0.3) is 0 Å². The van der Waals surface area contributed by atoms with Gasteiger partial charge in [-0.2, -0.15) is 0 Å². The Balaban J connectivity index is 2.07. The predicted molar refractivity (Wildman–Crippen MR) is 91.4 cm³/mol. The maximum absolute atomic E-state index is 12.2. The molecule has 0 bridgehead atoms. The molecular formula is C19H25NO2. The number of fused-ring (bicyclic) bond motifs is 1. The number of hydrogen-bond acceptors (Lipinski definition) is 2. The Bertz CT molecular complexity index is 636. The Labute approximate surface area is 132 Å². The summed E-state index contributed by atoms with van der Waals surface area (Å²) in [6.07, 6.45) is 3.37. The smallest absolute Gasteiger partial charge is 0.227 e. The summed E-state index contributed by atoms with van der Waals surface area (Å²) in [5, 5.41) is 5.28. The summed E-state index contributed by atoms with van der Waals surface area (Å²) in [6.45, 7) is 4.89. The molecule has 0 fully saturated rings. The summed E-state index contributed by atoms with van der Waals surface area (Å²) in [5.74, 6) is 0.819. The minimum atomic E-state index is -0.131. The maximum atomic E-state index is 12.2. The first kappa shape index (κ1) is 16.3. The summed E-state index contributed by atoms with van der Waals surface area (Å²) in [7, 11) is 1.67. The van der Waals surface area contributed by atoms with Crippen LogP contribution in [0.4, 0.5) is 0 Å². The van der Waals surface area contributed by atoms with Crippen molar-refractivity contribution in [1.82, 2.24) is 5.32 Å². The zero-order valence-corrected chi connectivity index (χ0v) is 13.7. The number of methoxy groups -OCH3 is 1. The van der Waals surface area contributed by atoms with Gasteiger partial charge < -0.3 is 10.1 Å². The van der Waals surface area contributed by atoms with Crippen LogP contribution >= 0.6 is 0 Å². The highest BCUT2D eigenvalue weighted by Crippen LogP contribution is 2.25. The van der Waals surface area contributed by atoms with Crippen LogP contribution in [0.15, 0.2) is 36.4 Å². The molecule has 0 radical (unpaired) electrons. The average molecular weight is 299 g/mol. The van der Waals surface area contributed by atoms with Crippen LogP contribution in [0.1, 0.15) is 44.6 Å². The van der Waals surface area contributed by atoms with Gasteiger partial charge in [-0.25, -0.2) is 0 Å². The molecule has 1 N–H and O–H groups in total. The van der Waals surface area contributed by atoms with E-state index in [4.69, 9.17) is 4.74 Å². The van der Waals surface area contributed by atoms with Crippen LogP contribution < -0.4 is 10.1 Å². The van der Waals surface area contributed by atoms with E-state index in [1.807, 2.05) is 37.3 Å². The van der Waals surface area contributed by atoms with Crippen molar-refractivity contribution in [2.75, 3.05) is 13.7 Å². The number of nitrogens with one attached hydrogen (secondary N) is 1. The minimum absolute atomic E-state index is 0.101. The van der Waals surface area contributed by atoms with Gasteiger partial charge >= 0.3 is 0 Å². The first-order valence-electron chi connectivity index (χ1n) is 8.01. The Morgan fingerprint density at radius 2 is 1.86 bits per heavy atom. The molecule has 0 aromatic heterocycles. The quantitative estimate of drug-likeness (QED) is 0.776. The molecule has 1 amide bonds. The lowest BCUT2D eigenvalue weighted by atomic mass is 9.97. The van der Waals surface area contributed by atoms with Crippen LogP contribution in [-0.4, -0.2) is 19.6 Å². The molecule has 118 valence electrons. The number of amides is 1. The number of ether oxygens (including phenoxy) is 1. The van der Waals surface area contributed by atoms with Crippen LogP contribution in [-0.2, 0) is 4.79 Å². The molecule has 2 rings (SSSR count). The average Bonchev–Trinajstić information content (AvgIpc) is 2.56. The second-order valence-electron chi connectivity index (χ2n) is 5.69. The summed E-state index contributed by atoms with van der Waals surface area (Å²) in [6, 6.07) is 12.1. The molecule has 2 aromatic rings. The van der Waals surface area contributed by atoms with Gasteiger partial charge in [-0.1, -0.05) is 44.0 Å². The van der Waals surface area contributed by atoms with E-state index in [2.05, 4.69) is 18.3 Å². The lowest BCUT2D eigenvalue weighted by Crippen LogP contribution is -2.28. The number of carbonyl (C=O) groups excluding carboxylic acids is 1. The molecule has 22 heavy (non-hydrogen) atoms. The van der Waals surface area contributed by atoms with Crippen molar-refractivity contribution in [3.05, 3.63) is 42.0 Å². The van der Waals surface area contributed by atoms with E-state index < -0.39 is 0 Å². The fraction of sp³-hybridized carbons (Fsp3) is 0.421. The van der Waals surface area contributed by atoms with Crippen LogP contribution in [0.5, 0.6) is 5.75 Å². The van der Waals surface area contributed by atoms with E-state index in [1.165, 1.54) is 6.42 Å². The highest BCUT2D eigenvalue weighted by atomic mass is 16.5. The van der Waals surface area contributed by atoms with Gasteiger partial charge in [-0.3, -0.25) is 4.79 Å². The number of hydrogen-bond donors (Lipinski definition) is 1. The van der Waals surface area contributed by atoms with Gasteiger partial charge in [0.05, 0.1) is 13.0 Å². The van der Waals surface area contributed by atoms with Crippen molar-refractivity contribution in [1.29, 1.82) is 0 Å². The second-order valence-corrected chi connectivity index (χ2v) is 5.69. The first-order chi connectivity index (χ1) is 10.7. The first-order valence-corrected chi connectivity index (χ1v) is 8.01. The lowest BCUT2D eigenvalue weighted by Gasteiger charge is -2.13. The third kappa shape index (κ3) is 4.00. The van der Waals surface area contributed by atoms with Crippen molar-refractivity contribution in [3.8, 4) is 5.75 Å². The monoisotopic (exact) mass is 299 g/mol. The molecule has 0 aliphatic rings. The molecule has 0 saturated carbocycles. The van der Waals surface area contributed by atoms with Crippen molar-refractivity contribution in [2.24, 2.45) is 0 Å². The molecule has 3 heteroatoms. The van der Waals surface area contributed by atoms with Crippen LogP contribution in [0.25, 0.3) is 10.8 Å². The third-order valence-electron chi connectivity index (χ3n) is 4.04. The number of rotatable bonds is 7. The summed E-state index contributed by atoms with van der Waals surface area (Å²) < 4.78 is 5.24. The standard InChI is InChI=1S/C19H25NO2/c1-4-5-6-11-20-19(21)14(2)15-7-8-17-13-18(22-3)10-9-16(17)12-15/h7-10,12-14H,4-6,11H2,1-3H3,(H,20,21)/t14-/m1/s1. The zero-order chi connectivity index (χ0) is 15.9. The Morgan fingerprint density at radius 1 is 1.14 bits per heavy atom. The van der Waals surface area contributed by atoms with Crippen LogP contribution in [0.2, 0.25) is 0 Å². The fourth-order valence-corrected chi connectivity index (χ4v) is 2.53. The maximum Gasteiger partial charge on any atom is 0.227 e. The molecule has 0 aliphatic heterocycles. The molecule has 0 unspecified atom stereocenters. The van der Waals surface area contributed by atoms with E-state index in [0.717, 1.165) is 41.5 Å². The summed E-state index contributed by atoms with van der Waals surface area (Å²) >= 11 is 0. The van der Waals surface area contributed by atoms with Gasteiger partial charge in [0, 0.05) is 6.54 Å². The Morgan fingerprint density at radius 3 is 2.59 bits per heavy atom. The molecule has 2 aromatic carbocycles. The van der Waals surface area contributed by atoms with Crippen molar-refractivity contribution >= 4 is 16.7 Å². The van der Waals surface area contributed by atoms with E-state index in [9.17, 15) is 4.79 Å². The largest absolute Gasteiger partial charge is 0.497 e. The predicted octanol–water partition coefficient (Wildman–Crippen LogP) is 4.26. The Hall–Kier alpha value is -2.03.